The molecule has 19 N–H and O–H groups in total. The molecule has 0 saturated heterocycles. The van der Waals surface area contributed by atoms with Crippen molar-refractivity contribution in [3.05, 3.63) is 29.8 Å². The minimum absolute atomic E-state index is 0.000626. The van der Waals surface area contributed by atoms with Gasteiger partial charge in [0.15, 0.2) is 29.1 Å². The number of carboxylic acids is 1. The predicted molar refractivity (Wildman–Crippen MR) is 336 cm³/mol. The SMILES string of the molecule is CC[C@@H](CC(C)C)C(=O)N[C@@H](CCCN=C(N)N)C(=O)C[C@@H](CO)C(=O)N[C@@H](CCSC)C(=O)C[C@H](C(=O)N[C@@H](CC(=O)O)C(=O)C[C@@H](CCCCN)C(=O)N[C@@H](Cc1ccc(O)cc1)C(=O)C[C@@H](CCCCN)C(=O)N[C@@H](CC(C)C)C(N)=O)[C@@H](C)O. The second-order valence-corrected chi connectivity index (χ2v) is 24.6. The number of phenols is 1. The summed E-state index contributed by atoms with van der Waals surface area (Å²) in [6.45, 7) is 10.5. The highest BCUT2D eigenvalue weighted by atomic mass is 32.2. The third-order valence-electron chi connectivity index (χ3n) is 15.1. The first-order valence-corrected chi connectivity index (χ1v) is 32.1. The van der Waals surface area contributed by atoms with Crippen LogP contribution in [0, 0.1) is 41.4 Å². The van der Waals surface area contributed by atoms with E-state index in [4.69, 9.17) is 28.7 Å². The van der Waals surface area contributed by atoms with Gasteiger partial charge in [-0.25, -0.2) is 0 Å². The van der Waals surface area contributed by atoms with Crippen molar-refractivity contribution in [3.8, 4) is 5.75 Å². The molecule has 1 aromatic carbocycles. The number of aliphatic hydroxyl groups is 2. The van der Waals surface area contributed by atoms with Gasteiger partial charge in [0.1, 0.15) is 11.8 Å². The average Bonchev–Trinajstić information content (AvgIpc) is 1.91. The summed E-state index contributed by atoms with van der Waals surface area (Å²) in [5.74, 6) is -14.3. The summed E-state index contributed by atoms with van der Waals surface area (Å²) in [6.07, 6.45) is 0.223. The molecule has 0 spiro atoms. The fourth-order valence-electron chi connectivity index (χ4n) is 10.0. The zero-order chi connectivity index (χ0) is 66.6. The van der Waals surface area contributed by atoms with Crippen LogP contribution in [0.25, 0.3) is 0 Å². The first-order chi connectivity index (χ1) is 41.5. The Morgan fingerprint density at radius 3 is 1.47 bits per heavy atom. The number of ketones is 4. The minimum Gasteiger partial charge on any atom is -0.508 e. The number of rotatable bonds is 49. The molecule has 0 aliphatic heterocycles. The van der Waals surface area contributed by atoms with Crippen LogP contribution in [0.15, 0.2) is 29.3 Å². The Morgan fingerprint density at radius 1 is 0.545 bits per heavy atom. The maximum atomic E-state index is 14.5. The van der Waals surface area contributed by atoms with E-state index in [2.05, 4.69) is 31.6 Å². The number of carbonyl (C=O) groups is 11. The minimum atomic E-state index is -1.81. The summed E-state index contributed by atoms with van der Waals surface area (Å²) in [7, 11) is 0. The van der Waals surface area contributed by atoms with Gasteiger partial charge in [-0.05, 0) is 132 Å². The molecule has 11 atom stereocenters. The van der Waals surface area contributed by atoms with Gasteiger partial charge in [-0.15, -0.1) is 0 Å². The maximum Gasteiger partial charge on any atom is 0.305 e. The van der Waals surface area contributed by atoms with Gasteiger partial charge in [-0.2, -0.15) is 11.8 Å². The number of thioether (sulfide) groups is 1. The Bertz CT molecular complexity index is 2430. The van der Waals surface area contributed by atoms with Gasteiger partial charge >= 0.3 is 5.97 Å². The number of nitrogens with one attached hydrogen (secondary N) is 5. The van der Waals surface area contributed by atoms with E-state index in [0.29, 0.717) is 56.4 Å². The van der Waals surface area contributed by atoms with Crippen LogP contribution in [0.1, 0.15) is 156 Å². The van der Waals surface area contributed by atoms with E-state index in [1.165, 1.54) is 43.0 Å². The third-order valence-corrected chi connectivity index (χ3v) is 15.8. The number of aliphatic carboxylic acids is 1. The molecular formula is C61H103N11O15S. The molecule has 26 nitrogen and oxygen atoms in total. The molecule has 0 bridgehead atoms. The van der Waals surface area contributed by atoms with Crippen molar-refractivity contribution in [1.82, 2.24) is 26.6 Å². The number of Topliss-reactive ketones (excluding diaryl/α,β-unsaturated/α-hetero) is 4. The molecule has 0 saturated carbocycles. The number of phenolic OH excluding ortho intramolecular Hbond substituents is 1. The van der Waals surface area contributed by atoms with Crippen LogP contribution in [-0.4, -0.2) is 165 Å². The topological polar surface area (TPSA) is 471 Å². The Balaban J connectivity index is 3.58. The van der Waals surface area contributed by atoms with Gasteiger partial charge in [0.25, 0.3) is 0 Å². The van der Waals surface area contributed by atoms with Crippen LogP contribution in [-0.2, 0) is 59.2 Å². The number of guanidine groups is 1. The average molecular weight is 1260 g/mol. The number of aliphatic imine (C=N–C) groups is 1. The summed E-state index contributed by atoms with van der Waals surface area (Å²) >= 11 is 1.32. The van der Waals surface area contributed by atoms with Gasteiger partial charge in [-0.1, -0.05) is 59.6 Å². The van der Waals surface area contributed by atoms with Crippen molar-refractivity contribution in [2.24, 2.45) is 75.1 Å². The van der Waals surface area contributed by atoms with Gasteiger partial charge in [0, 0.05) is 50.0 Å². The molecule has 1 aromatic rings. The Labute approximate surface area is 522 Å². The second kappa shape index (κ2) is 43.2. The third kappa shape index (κ3) is 31.6. The van der Waals surface area contributed by atoms with Gasteiger partial charge in [-0.3, -0.25) is 57.7 Å². The Kier molecular flexibility index (Phi) is 39.0. The molecule has 0 aliphatic carbocycles. The highest BCUT2D eigenvalue weighted by Gasteiger charge is 2.38. The fourth-order valence-corrected chi connectivity index (χ4v) is 10.5. The standard InChI is InChI=1S/C61H103N11O15S/c1-8-39(26-35(2)3)56(83)68-45(16-13-24-67-61(65)66)50(76)31-42(34-73)59(86)69-46(21-25-88-7)53(79)32-44(37(6)74)60(87)71-48(33-54(80)81)52(78)30-40(14-9-11-22-62)57(84)70-47(28-38-17-19-43(75)20-18-38)51(77)29-41(15-10-12-23-63)58(85)72-49(55(64)82)27-36(4)5/h17-20,35-37,39-42,44-49,73-75H,8-16,21-34,62-63H2,1-7H3,(H2,64,82)(H,68,83)(H,69,86)(H,70,84)(H,71,87)(H,72,85)(H,80,81)(H4,65,66,67)/t37-,39+,40-,41-,42+,44+,45+,46+,47+,48+,49+/m1/s1. The highest BCUT2D eigenvalue weighted by Crippen LogP contribution is 2.24. The molecule has 498 valence electrons. The molecule has 0 radical (unpaired) electrons. The summed E-state index contributed by atoms with van der Waals surface area (Å²) in [5, 5.41) is 54.7. The van der Waals surface area contributed by atoms with E-state index in [1.807, 2.05) is 34.6 Å². The van der Waals surface area contributed by atoms with Crippen LogP contribution in [0.5, 0.6) is 5.75 Å². The number of aliphatic hydroxyl groups excluding tert-OH is 2. The lowest BCUT2D eigenvalue weighted by Crippen LogP contribution is -2.51. The molecule has 6 amide bonds. The number of unbranched alkanes of at least 4 members (excludes halogenated alkanes) is 2. The lowest BCUT2D eigenvalue weighted by atomic mass is 9.88. The molecule has 1 rings (SSSR count). The number of carboxylic acid groups (broad SMARTS) is 1. The van der Waals surface area contributed by atoms with E-state index in [1.54, 1.807) is 6.26 Å². The molecule has 0 heterocycles. The van der Waals surface area contributed by atoms with Crippen LogP contribution >= 0.6 is 11.8 Å². The molecule has 0 aliphatic rings. The van der Waals surface area contributed by atoms with Crippen LogP contribution in [0.3, 0.4) is 0 Å². The van der Waals surface area contributed by atoms with Crippen molar-refractivity contribution < 1.29 is 73.2 Å². The van der Waals surface area contributed by atoms with Crippen molar-refractivity contribution >= 4 is 82.3 Å². The summed E-state index contributed by atoms with van der Waals surface area (Å²) in [4.78, 5) is 155. The zero-order valence-corrected chi connectivity index (χ0v) is 53.4. The number of nitrogens with zero attached hydrogens (tertiary/aromatic N) is 1. The number of hydrogen-bond donors (Lipinski definition) is 14. The lowest BCUT2D eigenvalue weighted by molar-refractivity contribution is -0.142. The fraction of sp³-hybridized carbons (Fsp3) is 0.705. The normalized spacial score (nSPS) is 15.1. The van der Waals surface area contributed by atoms with Gasteiger partial charge in [0.2, 0.25) is 35.4 Å². The second-order valence-electron chi connectivity index (χ2n) is 23.6. The largest absolute Gasteiger partial charge is 0.508 e. The molecule has 0 unspecified atom stereocenters. The number of amides is 6. The smallest absolute Gasteiger partial charge is 0.305 e. The first kappa shape index (κ1) is 79.5. The maximum absolute atomic E-state index is 14.5. The first-order valence-electron chi connectivity index (χ1n) is 30.7. The molecule has 88 heavy (non-hydrogen) atoms. The monoisotopic (exact) mass is 1260 g/mol. The van der Waals surface area contributed by atoms with Crippen molar-refractivity contribution in [2.75, 3.05) is 38.2 Å². The summed E-state index contributed by atoms with van der Waals surface area (Å²) < 4.78 is 0. The van der Waals surface area contributed by atoms with E-state index < -0.39 is 163 Å². The molecule has 27 heteroatoms. The van der Waals surface area contributed by atoms with Crippen LogP contribution in [0.2, 0.25) is 0 Å². The predicted octanol–water partition coefficient (Wildman–Crippen LogP) is 1.18. The van der Waals surface area contributed by atoms with E-state index in [9.17, 15) is 73.2 Å². The number of primary amides is 1. The number of nitrogens with two attached hydrogens (primary N) is 5. The van der Waals surface area contributed by atoms with Gasteiger partial charge < -0.3 is 75.7 Å². The number of hydrogen-bond acceptors (Lipinski definition) is 18. The van der Waals surface area contributed by atoms with E-state index >= 15 is 0 Å². The van der Waals surface area contributed by atoms with Crippen molar-refractivity contribution in [3.63, 3.8) is 0 Å². The van der Waals surface area contributed by atoms with Crippen molar-refractivity contribution in [2.45, 2.75) is 193 Å². The Morgan fingerprint density at radius 2 is 1.00 bits per heavy atom. The molecular weight excluding hydrogens is 1160 g/mol. The number of benzene rings is 1. The quantitative estimate of drug-likeness (QED) is 0.0247. The van der Waals surface area contributed by atoms with E-state index in [-0.39, 0.29) is 87.5 Å². The zero-order valence-electron chi connectivity index (χ0n) is 52.6. The van der Waals surface area contributed by atoms with Crippen LogP contribution in [0.4, 0.5) is 0 Å². The van der Waals surface area contributed by atoms with Gasteiger partial charge in [0.05, 0.1) is 55.1 Å². The number of aromatic hydroxyl groups is 1. The summed E-state index contributed by atoms with van der Waals surface area (Å²) in [6, 6.07) is -0.741. The van der Waals surface area contributed by atoms with Crippen LogP contribution < -0.4 is 55.3 Å². The molecule has 0 aromatic heterocycles. The molecule has 0 fully saturated rings. The highest BCUT2D eigenvalue weighted by molar-refractivity contribution is 7.98. The van der Waals surface area contributed by atoms with E-state index in [0.717, 1.165) is 0 Å². The number of carbonyl (C=O) groups excluding carboxylic acids is 10. The lowest BCUT2D eigenvalue weighted by Gasteiger charge is -2.27. The Hall–Kier alpha value is -6.55. The van der Waals surface area contributed by atoms with Crippen molar-refractivity contribution in [1.29, 1.82) is 0 Å². The summed E-state index contributed by atoms with van der Waals surface area (Å²) in [5.41, 5.74) is 28.6.